The Kier molecular flexibility index (Phi) is 5.77. The highest BCUT2D eigenvalue weighted by Crippen LogP contribution is 2.49. The van der Waals surface area contributed by atoms with E-state index in [0.717, 1.165) is 11.1 Å². The molecule has 0 saturated heterocycles. The van der Waals surface area contributed by atoms with Gasteiger partial charge in [-0.2, -0.15) is 13.2 Å². The second-order valence-electron chi connectivity index (χ2n) is 9.79. The number of fused-ring (bicyclic) bond motifs is 1. The molecule has 1 aliphatic rings. The summed E-state index contributed by atoms with van der Waals surface area (Å²) in [5.74, 6) is -0.0462. The molecular formula is C27H25F3N4O4. The van der Waals surface area contributed by atoms with Crippen molar-refractivity contribution in [2.45, 2.75) is 38.4 Å². The second-order valence-corrected chi connectivity index (χ2v) is 9.79. The standard InChI is InChI=1S/C27H25F3N4O4/c1-14-6-5-7-15(2)23(14)38-20-13-33(3)21(35)11-16(20)18-12-34(4)25(37)22-17(18)10-19(31-22)24(36)32-26(8-9-26)27(28,29)30/h5-7,10-13,31H,8-9H2,1-4H3,(H,32,36). The van der Waals surface area contributed by atoms with Gasteiger partial charge in [-0.15, -0.1) is 0 Å². The van der Waals surface area contributed by atoms with Crippen molar-refractivity contribution in [2.24, 2.45) is 14.1 Å². The third-order valence-electron chi connectivity index (χ3n) is 6.96. The molecule has 0 spiro atoms. The maximum Gasteiger partial charge on any atom is 0.411 e. The van der Waals surface area contributed by atoms with Crippen LogP contribution in [-0.2, 0) is 14.1 Å². The van der Waals surface area contributed by atoms with Crippen molar-refractivity contribution in [1.29, 1.82) is 0 Å². The van der Waals surface area contributed by atoms with Crippen LogP contribution in [0.15, 0.2) is 52.3 Å². The van der Waals surface area contributed by atoms with Crippen LogP contribution in [0.1, 0.15) is 34.5 Å². The van der Waals surface area contributed by atoms with E-state index < -0.39 is 23.2 Å². The van der Waals surface area contributed by atoms with E-state index in [0.29, 0.717) is 22.6 Å². The summed E-state index contributed by atoms with van der Waals surface area (Å²) in [6, 6.07) is 8.36. The van der Waals surface area contributed by atoms with Gasteiger partial charge in [-0.1, -0.05) is 18.2 Å². The van der Waals surface area contributed by atoms with Gasteiger partial charge in [0, 0.05) is 42.9 Å². The van der Waals surface area contributed by atoms with Crippen LogP contribution in [0.3, 0.4) is 0 Å². The number of carbonyl (C=O) groups excluding carboxylic acids is 1. The minimum atomic E-state index is -4.58. The quantitative estimate of drug-likeness (QED) is 0.401. The molecule has 3 heterocycles. The number of aromatic nitrogens is 3. The van der Waals surface area contributed by atoms with Crippen LogP contribution in [0, 0.1) is 13.8 Å². The number of rotatable bonds is 5. The lowest BCUT2D eigenvalue weighted by Crippen LogP contribution is -2.47. The summed E-state index contributed by atoms with van der Waals surface area (Å²) in [6.45, 7) is 3.78. The molecule has 0 aliphatic heterocycles. The Hall–Kier alpha value is -4.28. The lowest BCUT2D eigenvalue weighted by atomic mass is 10.0. The number of aromatic amines is 1. The first-order chi connectivity index (χ1) is 17.8. The zero-order chi connectivity index (χ0) is 27.6. The van der Waals surface area contributed by atoms with E-state index in [1.165, 1.54) is 40.7 Å². The number of aryl methyl sites for hydroxylation is 4. The van der Waals surface area contributed by atoms with Gasteiger partial charge in [0.05, 0.1) is 6.20 Å². The first-order valence-corrected chi connectivity index (χ1v) is 11.9. The van der Waals surface area contributed by atoms with E-state index in [2.05, 4.69) is 10.3 Å². The zero-order valence-corrected chi connectivity index (χ0v) is 21.1. The van der Waals surface area contributed by atoms with Crippen molar-refractivity contribution in [2.75, 3.05) is 0 Å². The summed E-state index contributed by atoms with van der Waals surface area (Å²) in [6.07, 6.45) is -1.96. The van der Waals surface area contributed by atoms with E-state index >= 15 is 0 Å². The normalized spacial score (nSPS) is 14.5. The highest BCUT2D eigenvalue weighted by Gasteiger charge is 2.64. The number of ether oxygens (including phenoxy) is 1. The lowest BCUT2D eigenvalue weighted by Gasteiger charge is -2.20. The Bertz CT molecular complexity index is 1710. The Morgan fingerprint density at radius 2 is 1.68 bits per heavy atom. The molecule has 1 saturated carbocycles. The van der Waals surface area contributed by atoms with Crippen molar-refractivity contribution in [3.8, 4) is 22.6 Å². The molecule has 1 amide bonds. The fourth-order valence-corrected chi connectivity index (χ4v) is 4.53. The average Bonchev–Trinajstić information content (AvgIpc) is 3.49. The lowest BCUT2D eigenvalue weighted by molar-refractivity contribution is -0.163. The molecule has 1 aliphatic carbocycles. The van der Waals surface area contributed by atoms with Crippen molar-refractivity contribution < 1.29 is 22.7 Å². The maximum atomic E-state index is 13.4. The highest BCUT2D eigenvalue weighted by atomic mass is 19.4. The summed E-state index contributed by atoms with van der Waals surface area (Å²) in [4.78, 5) is 41.1. The summed E-state index contributed by atoms with van der Waals surface area (Å²) in [5, 5.41) is 2.34. The van der Waals surface area contributed by atoms with Crippen LogP contribution < -0.4 is 21.2 Å². The van der Waals surface area contributed by atoms with E-state index in [9.17, 15) is 27.6 Å². The molecule has 4 aromatic rings. The number of nitrogens with zero attached hydrogens (tertiary/aromatic N) is 2. The average molecular weight is 527 g/mol. The SMILES string of the molecule is Cc1cccc(C)c1Oc1cn(C)c(=O)cc1-c1cn(C)c(=O)c2[nH]c(C(=O)NC3(C(F)(F)F)CC3)cc12. The fraction of sp³-hybridized carbons (Fsp3) is 0.296. The zero-order valence-electron chi connectivity index (χ0n) is 21.1. The van der Waals surface area contributed by atoms with Crippen LogP contribution in [0.4, 0.5) is 13.2 Å². The molecule has 1 fully saturated rings. The monoisotopic (exact) mass is 526 g/mol. The van der Waals surface area contributed by atoms with Crippen LogP contribution in [-0.4, -0.2) is 31.7 Å². The Labute approximate surface area is 214 Å². The number of pyridine rings is 2. The molecule has 38 heavy (non-hydrogen) atoms. The number of hydrogen-bond donors (Lipinski definition) is 2. The summed E-state index contributed by atoms with van der Waals surface area (Å²) >= 11 is 0. The predicted molar refractivity (Wildman–Crippen MR) is 136 cm³/mol. The van der Waals surface area contributed by atoms with Gasteiger partial charge in [-0.25, -0.2) is 0 Å². The van der Waals surface area contributed by atoms with Gasteiger partial charge in [0.25, 0.3) is 17.0 Å². The van der Waals surface area contributed by atoms with Gasteiger partial charge < -0.3 is 24.2 Å². The van der Waals surface area contributed by atoms with Gasteiger partial charge in [-0.3, -0.25) is 14.4 Å². The minimum absolute atomic E-state index is 0.0192. The Balaban J connectivity index is 1.66. The fourth-order valence-electron chi connectivity index (χ4n) is 4.53. The van der Waals surface area contributed by atoms with Gasteiger partial charge in [0.2, 0.25) is 0 Å². The molecule has 11 heteroatoms. The second kappa shape index (κ2) is 8.64. The summed E-state index contributed by atoms with van der Waals surface area (Å²) < 4.78 is 49.1. The number of halogens is 3. The number of H-pyrrole nitrogens is 1. The van der Waals surface area contributed by atoms with Gasteiger partial charge >= 0.3 is 6.18 Å². The van der Waals surface area contributed by atoms with E-state index in [4.69, 9.17) is 4.74 Å². The number of amides is 1. The number of alkyl halides is 3. The third-order valence-corrected chi connectivity index (χ3v) is 6.96. The third kappa shape index (κ3) is 4.17. The number of carbonyl (C=O) groups is 1. The van der Waals surface area contributed by atoms with Crippen LogP contribution in [0.25, 0.3) is 22.0 Å². The van der Waals surface area contributed by atoms with E-state index in [-0.39, 0.29) is 35.0 Å². The molecule has 8 nitrogen and oxygen atoms in total. The number of para-hydroxylation sites is 1. The Morgan fingerprint density at radius 1 is 1.03 bits per heavy atom. The van der Waals surface area contributed by atoms with Crippen molar-refractivity contribution in [3.05, 3.63) is 80.3 Å². The molecule has 1 aromatic carbocycles. The summed E-state index contributed by atoms with van der Waals surface area (Å²) in [5.41, 5.74) is -0.764. The molecule has 2 N–H and O–H groups in total. The highest BCUT2D eigenvalue weighted by molar-refractivity contribution is 6.03. The van der Waals surface area contributed by atoms with Gasteiger partial charge in [0.1, 0.15) is 22.5 Å². The molecule has 5 rings (SSSR count). The minimum Gasteiger partial charge on any atom is -0.455 e. The molecule has 3 aromatic heterocycles. The van der Waals surface area contributed by atoms with E-state index in [1.54, 1.807) is 7.05 Å². The van der Waals surface area contributed by atoms with Gasteiger partial charge in [0.15, 0.2) is 5.75 Å². The molecule has 0 unspecified atom stereocenters. The van der Waals surface area contributed by atoms with Crippen LogP contribution >= 0.6 is 0 Å². The largest absolute Gasteiger partial charge is 0.455 e. The Morgan fingerprint density at radius 3 is 2.29 bits per heavy atom. The predicted octanol–water partition coefficient (Wildman–Crippen LogP) is 4.47. The molecule has 198 valence electrons. The first kappa shape index (κ1) is 25.4. The van der Waals surface area contributed by atoms with Crippen LogP contribution in [0.5, 0.6) is 11.5 Å². The smallest absolute Gasteiger partial charge is 0.411 e. The van der Waals surface area contributed by atoms with Crippen LogP contribution in [0.2, 0.25) is 0 Å². The molecule has 0 atom stereocenters. The van der Waals surface area contributed by atoms with Crippen molar-refractivity contribution in [3.63, 3.8) is 0 Å². The molecule has 0 radical (unpaired) electrons. The van der Waals surface area contributed by atoms with Crippen molar-refractivity contribution >= 4 is 16.8 Å². The molecular weight excluding hydrogens is 501 g/mol. The number of nitrogens with one attached hydrogen (secondary N) is 2. The topological polar surface area (TPSA) is 98.1 Å². The number of benzene rings is 1. The van der Waals surface area contributed by atoms with E-state index in [1.807, 2.05) is 32.0 Å². The summed E-state index contributed by atoms with van der Waals surface area (Å²) in [7, 11) is 3.08. The number of hydrogen-bond acceptors (Lipinski definition) is 4. The molecule has 0 bridgehead atoms. The van der Waals surface area contributed by atoms with Gasteiger partial charge in [-0.05, 0) is 43.9 Å². The maximum absolute atomic E-state index is 13.4. The first-order valence-electron chi connectivity index (χ1n) is 11.9. The van der Waals surface area contributed by atoms with Crippen molar-refractivity contribution in [1.82, 2.24) is 19.4 Å².